The minimum Gasteiger partial charge on any atom is -0.484 e. The van der Waals surface area contributed by atoms with Gasteiger partial charge in [0.2, 0.25) is 0 Å². The highest BCUT2D eigenvalue weighted by molar-refractivity contribution is 6.30. The number of rotatable bonds is 1. The minimum absolute atomic E-state index is 0.0406. The van der Waals surface area contributed by atoms with Gasteiger partial charge in [-0.2, -0.15) is 0 Å². The molecule has 0 radical (unpaired) electrons. The average Bonchev–Trinajstić information content (AvgIpc) is 2.38. The normalized spacial score (nSPS) is 17.8. The second-order valence-electron chi connectivity index (χ2n) is 4.43. The lowest BCUT2D eigenvalue weighted by molar-refractivity contribution is 0.0849. The fourth-order valence-electron chi connectivity index (χ4n) is 2.16. The van der Waals surface area contributed by atoms with Crippen molar-refractivity contribution in [3.05, 3.63) is 64.4 Å². The first-order valence-corrected chi connectivity index (χ1v) is 6.26. The lowest BCUT2D eigenvalue weighted by Crippen LogP contribution is -2.20. The Balaban J connectivity index is 1.96. The largest absolute Gasteiger partial charge is 0.484 e. The first-order valence-electron chi connectivity index (χ1n) is 5.88. The van der Waals surface area contributed by atoms with Crippen LogP contribution in [-0.2, 0) is 0 Å². The van der Waals surface area contributed by atoms with E-state index < -0.39 is 5.82 Å². The van der Waals surface area contributed by atoms with Crippen molar-refractivity contribution in [3.63, 3.8) is 0 Å². The molecule has 3 rings (SSSR count). The number of hydrogen-bond donors (Lipinski definition) is 0. The molecule has 1 aliphatic heterocycles. The Labute approximate surface area is 114 Å². The van der Waals surface area contributed by atoms with E-state index in [9.17, 15) is 9.18 Å². The van der Waals surface area contributed by atoms with Gasteiger partial charge in [0.05, 0.1) is 12.0 Å². The van der Waals surface area contributed by atoms with Crippen LogP contribution >= 0.6 is 11.6 Å². The van der Waals surface area contributed by atoms with Crippen molar-refractivity contribution >= 4 is 17.4 Å². The number of hydrogen-bond acceptors (Lipinski definition) is 2. The van der Waals surface area contributed by atoms with Gasteiger partial charge < -0.3 is 4.74 Å². The van der Waals surface area contributed by atoms with Gasteiger partial charge in [-0.05, 0) is 29.8 Å². The van der Waals surface area contributed by atoms with E-state index in [1.807, 2.05) is 12.1 Å². The highest BCUT2D eigenvalue weighted by atomic mass is 35.5. The molecule has 1 atom stereocenters. The molecule has 1 aliphatic rings. The van der Waals surface area contributed by atoms with Crippen LogP contribution in [0.3, 0.4) is 0 Å². The monoisotopic (exact) mass is 276 g/mol. The van der Waals surface area contributed by atoms with Gasteiger partial charge in [0, 0.05) is 11.1 Å². The van der Waals surface area contributed by atoms with Crippen LogP contribution in [0.2, 0.25) is 5.02 Å². The van der Waals surface area contributed by atoms with Crippen LogP contribution in [0.25, 0.3) is 0 Å². The maximum atomic E-state index is 13.2. The van der Waals surface area contributed by atoms with Gasteiger partial charge in [-0.15, -0.1) is 0 Å². The van der Waals surface area contributed by atoms with Crippen LogP contribution in [0.1, 0.15) is 28.4 Å². The van der Waals surface area contributed by atoms with Crippen LogP contribution in [0, 0.1) is 5.82 Å². The topological polar surface area (TPSA) is 26.3 Å². The molecule has 0 saturated heterocycles. The quantitative estimate of drug-likeness (QED) is 0.781. The summed E-state index contributed by atoms with van der Waals surface area (Å²) in [5.41, 5.74) is 1.29. The Morgan fingerprint density at radius 1 is 1.16 bits per heavy atom. The van der Waals surface area contributed by atoms with E-state index in [0.29, 0.717) is 16.3 Å². The van der Waals surface area contributed by atoms with E-state index in [4.69, 9.17) is 16.3 Å². The van der Waals surface area contributed by atoms with Crippen molar-refractivity contribution in [1.82, 2.24) is 0 Å². The van der Waals surface area contributed by atoms with Gasteiger partial charge in [0.1, 0.15) is 17.7 Å². The van der Waals surface area contributed by atoms with Crippen LogP contribution < -0.4 is 4.74 Å². The minimum atomic E-state index is -0.414. The standard InChI is InChI=1S/C15H10ClFO2/c16-10-3-1-9(2-4-10)14-8-13(18)12-6-5-11(17)7-15(12)19-14/h1-7,14H,8H2. The molecule has 0 saturated carbocycles. The zero-order valence-corrected chi connectivity index (χ0v) is 10.7. The zero-order valence-electron chi connectivity index (χ0n) is 9.90. The van der Waals surface area contributed by atoms with Gasteiger partial charge in [0.25, 0.3) is 0 Å². The summed E-state index contributed by atoms with van der Waals surface area (Å²) in [7, 11) is 0. The highest BCUT2D eigenvalue weighted by Crippen LogP contribution is 2.35. The van der Waals surface area contributed by atoms with E-state index in [-0.39, 0.29) is 18.3 Å². The summed E-state index contributed by atoms with van der Waals surface area (Å²) in [5.74, 6) is -0.152. The number of Topliss-reactive ketones (excluding diaryl/α,β-unsaturated/α-hetero) is 1. The molecular formula is C15H10ClFO2. The Hall–Kier alpha value is -1.87. The molecule has 0 N–H and O–H groups in total. The van der Waals surface area contributed by atoms with E-state index in [1.165, 1.54) is 18.2 Å². The maximum Gasteiger partial charge on any atom is 0.170 e. The van der Waals surface area contributed by atoms with Crippen LogP contribution in [0.5, 0.6) is 5.75 Å². The Morgan fingerprint density at radius 2 is 1.89 bits per heavy atom. The summed E-state index contributed by atoms with van der Waals surface area (Å²) in [5, 5.41) is 0.623. The lowest BCUT2D eigenvalue weighted by atomic mass is 9.96. The number of ketones is 1. The number of benzene rings is 2. The molecule has 0 amide bonds. The third-order valence-corrected chi connectivity index (χ3v) is 3.38. The van der Waals surface area contributed by atoms with Gasteiger partial charge in [-0.1, -0.05) is 23.7 Å². The van der Waals surface area contributed by atoms with Crippen molar-refractivity contribution in [2.75, 3.05) is 0 Å². The molecule has 2 nitrogen and oxygen atoms in total. The SMILES string of the molecule is O=C1CC(c2ccc(Cl)cc2)Oc2cc(F)ccc21. The molecule has 0 bridgehead atoms. The predicted molar refractivity (Wildman–Crippen MR) is 70.2 cm³/mol. The predicted octanol–water partition coefficient (Wildman–Crippen LogP) is 4.19. The summed E-state index contributed by atoms with van der Waals surface area (Å²) in [6, 6.07) is 11.1. The molecule has 2 aromatic rings. The molecule has 0 spiro atoms. The fraction of sp³-hybridized carbons (Fsp3) is 0.133. The second-order valence-corrected chi connectivity index (χ2v) is 4.86. The van der Waals surface area contributed by atoms with Crippen LogP contribution in [0.15, 0.2) is 42.5 Å². The maximum absolute atomic E-state index is 13.2. The van der Waals surface area contributed by atoms with Gasteiger partial charge in [0.15, 0.2) is 5.78 Å². The Morgan fingerprint density at radius 3 is 2.63 bits per heavy atom. The zero-order chi connectivity index (χ0) is 13.4. The summed E-state index contributed by atoms with van der Waals surface area (Å²) >= 11 is 5.82. The van der Waals surface area contributed by atoms with Crippen LogP contribution in [-0.4, -0.2) is 5.78 Å². The third-order valence-electron chi connectivity index (χ3n) is 3.13. The van der Waals surface area contributed by atoms with Gasteiger partial charge >= 0.3 is 0 Å². The molecule has 19 heavy (non-hydrogen) atoms. The molecule has 1 unspecified atom stereocenters. The summed E-state index contributed by atoms with van der Waals surface area (Å²) in [6.45, 7) is 0. The average molecular weight is 277 g/mol. The summed E-state index contributed by atoms with van der Waals surface area (Å²) in [4.78, 5) is 12.0. The van der Waals surface area contributed by atoms with Gasteiger partial charge in [-0.25, -0.2) is 4.39 Å². The smallest absolute Gasteiger partial charge is 0.170 e. The molecule has 96 valence electrons. The second kappa shape index (κ2) is 4.67. The van der Waals surface area contributed by atoms with Crippen molar-refractivity contribution in [3.8, 4) is 5.75 Å². The summed E-state index contributed by atoms with van der Waals surface area (Å²) in [6.07, 6.45) is -0.139. The van der Waals surface area contributed by atoms with E-state index in [2.05, 4.69) is 0 Å². The fourth-order valence-corrected chi connectivity index (χ4v) is 2.29. The van der Waals surface area contributed by atoms with Crippen molar-refractivity contribution in [2.24, 2.45) is 0 Å². The van der Waals surface area contributed by atoms with Crippen LogP contribution in [0.4, 0.5) is 4.39 Å². The first-order chi connectivity index (χ1) is 9.13. The first kappa shape index (κ1) is 12.2. The molecule has 0 aromatic heterocycles. The third kappa shape index (κ3) is 2.34. The molecular weight excluding hydrogens is 267 g/mol. The number of ether oxygens (including phenoxy) is 1. The van der Waals surface area contributed by atoms with Gasteiger partial charge in [-0.3, -0.25) is 4.79 Å². The number of fused-ring (bicyclic) bond motifs is 1. The number of carbonyl (C=O) groups excluding carboxylic acids is 1. The molecule has 4 heteroatoms. The lowest BCUT2D eigenvalue weighted by Gasteiger charge is -2.25. The Bertz CT molecular complexity index is 637. The molecule has 2 aromatic carbocycles. The van der Waals surface area contributed by atoms with E-state index in [1.54, 1.807) is 12.1 Å². The molecule has 0 fully saturated rings. The van der Waals surface area contributed by atoms with E-state index >= 15 is 0 Å². The number of carbonyl (C=O) groups is 1. The number of halogens is 2. The Kier molecular flexibility index (Phi) is 2.99. The molecule has 1 heterocycles. The van der Waals surface area contributed by atoms with Crippen molar-refractivity contribution < 1.29 is 13.9 Å². The molecule has 0 aliphatic carbocycles. The highest BCUT2D eigenvalue weighted by Gasteiger charge is 2.27. The summed E-state index contributed by atoms with van der Waals surface area (Å²) < 4.78 is 18.9. The van der Waals surface area contributed by atoms with Crippen molar-refractivity contribution in [1.29, 1.82) is 0 Å². The van der Waals surface area contributed by atoms with Crippen molar-refractivity contribution in [2.45, 2.75) is 12.5 Å². The van der Waals surface area contributed by atoms with E-state index in [0.717, 1.165) is 5.56 Å².